The maximum Gasteiger partial charge on any atom is 0.352 e. The van der Waals surface area contributed by atoms with Crippen LogP contribution in [0.3, 0.4) is 0 Å². The summed E-state index contributed by atoms with van der Waals surface area (Å²) in [7, 11) is 0. The Labute approximate surface area is 298 Å². The number of carboxylic acid groups (broad SMARTS) is 2. The SMILES string of the molecule is CCn1cc(C(=O)C(N)C2=C(C(=O)O)N3C(=O)C(NC(=O)/C(=N\OC(C)(C)C(=O)O)c4csc(N)n4)[C@H]3SC2)c(=O)c2c([N+](=O)[O-])c(O)c(O)cc21. The van der Waals surface area contributed by atoms with Crippen LogP contribution in [-0.2, 0) is 30.6 Å². The Morgan fingerprint density at radius 2 is 1.92 bits per heavy atom. The number of nitrogens with one attached hydrogen (secondary N) is 1. The number of aryl methyl sites for hydroxylation is 1. The highest BCUT2D eigenvalue weighted by molar-refractivity contribution is 8.00. The van der Waals surface area contributed by atoms with Gasteiger partial charge in [0.05, 0.1) is 22.0 Å². The summed E-state index contributed by atoms with van der Waals surface area (Å²) in [4.78, 5) is 98.7. The molecule has 2 unspecified atom stereocenters. The maximum atomic E-state index is 13.8. The molecule has 21 nitrogen and oxygen atoms in total. The minimum Gasteiger partial charge on any atom is -0.504 e. The normalized spacial score (nSPS) is 18.0. The third kappa shape index (κ3) is 6.24. The van der Waals surface area contributed by atoms with E-state index in [1.807, 2.05) is 0 Å². The largest absolute Gasteiger partial charge is 0.504 e. The molecule has 2 aromatic heterocycles. The number of fused-ring (bicyclic) bond motifs is 2. The number of nitrogens with two attached hydrogens (primary N) is 2. The first-order chi connectivity index (χ1) is 24.3. The average molecular weight is 761 g/mol. The molecule has 2 aliphatic heterocycles. The fourth-order valence-electron chi connectivity index (χ4n) is 5.33. The predicted octanol–water partition coefficient (Wildman–Crippen LogP) is -0.0878. The van der Waals surface area contributed by atoms with Crippen molar-refractivity contribution >= 4 is 80.1 Å². The standard InChI is InChI=1S/C29H28N8O13S2/c1-4-35-6-9(20(39)14-12(35)5-13(38)22(41)19(14)37(48)49)21(40)15(30)10-7-51-25-17(24(43)36(25)18(10)26(44)45)33-23(42)16(11-8-52-28(31)32-11)34-50-29(2,3)27(46)47/h5-6,8,15,17,25,38,41H,4,7,30H2,1-3H3,(H2,31,32)(H,33,42)(H,44,45)(H,46,47)/b34-16-/t15?,17?,25-/m1/s1. The third-order valence-electron chi connectivity index (χ3n) is 8.09. The second-order valence-corrected chi connectivity index (χ2v) is 13.7. The number of ketones is 1. The van der Waals surface area contributed by atoms with Gasteiger partial charge in [-0.15, -0.1) is 23.1 Å². The summed E-state index contributed by atoms with van der Waals surface area (Å²) in [6, 6.07) is -2.30. The Kier molecular flexibility index (Phi) is 9.71. The lowest BCUT2D eigenvalue weighted by atomic mass is 9.94. The van der Waals surface area contributed by atoms with E-state index in [2.05, 4.69) is 15.5 Å². The highest BCUT2D eigenvalue weighted by atomic mass is 32.2. The Morgan fingerprint density at radius 3 is 2.48 bits per heavy atom. The highest BCUT2D eigenvalue weighted by Crippen LogP contribution is 2.42. The number of thioether (sulfide) groups is 1. The number of rotatable bonds is 12. The molecule has 23 heteroatoms. The minimum atomic E-state index is -1.88. The Bertz CT molecular complexity index is 2230. The van der Waals surface area contributed by atoms with Crippen molar-refractivity contribution in [3.63, 3.8) is 0 Å². The number of aromatic hydroxyl groups is 2. The molecule has 0 saturated carbocycles. The summed E-state index contributed by atoms with van der Waals surface area (Å²) < 4.78 is 1.22. The van der Waals surface area contributed by atoms with Crippen LogP contribution in [-0.4, -0.2) is 104 Å². The number of hydrogen-bond acceptors (Lipinski definition) is 17. The molecule has 0 bridgehead atoms. The van der Waals surface area contributed by atoms with Crippen LogP contribution < -0.4 is 22.2 Å². The van der Waals surface area contributed by atoms with E-state index in [0.29, 0.717) is 0 Å². The number of Topliss-reactive ketones (excluding diaryl/α,β-unsaturated/α-hetero) is 1. The van der Waals surface area contributed by atoms with E-state index in [-0.39, 0.29) is 34.2 Å². The highest BCUT2D eigenvalue weighted by Gasteiger charge is 2.55. The number of hydrogen-bond donors (Lipinski definition) is 7. The van der Waals surface area contributed by atoms with Gasteiger partial charge in [-0.05, 0) is 26.3 Å². The number of carbonyl (C=O) groups excluding carboxylic acids is 3. The molecule has 2 amide bonds. The predicted molar refractivity (Wildman–Crippen MR) is 182 cm³/mol. The van der Waals surface area contributed by atoms with E-state index < -0.39 is 102 Å². The number of nitro benzene ring substituents is 1. The number of anilines is 1. The number of phenolic OH excluding ortho intramolecular Hbond substituents is 2. The van der Waals surface area contributed by atoms with E-state index in [0.717, 1.165) is 40.3 Å². The molecule has 52 heavy (non-hydrogen) atoms. The van der Waals surface area contributed by atoms with Crippen LogP contribution in [0.1, 0.15) is 36.8 Å². The lowest BCUT2D eigenvalue weighted by Crippen LogP contribution is -2.71. The first-order valence-corrected chi connectivity index (χ1v) is 16.7. The number of thiazole rings is 1. The van der Waals surface area contributed by atoms with Gasteiger partial charge in [-0.3, -0.25) is 34.2 Å². The summed E-state index contributed by atoms with van der Waals surface area (Å²) in [6.45, 7) is 3.92. The van der Waals surface area contributed by atoms with Gasteiger partial charge in [-0.2, -0.15) is 0 Å². The van der Waals surface area contributed by atoms with Crippen LogP contribution in [0.2, 0.25) is 0 Å². The topological polar surface area (TPSA) is 333 Å². The van der Waals surface area contributed by atoms with Gasteiger partial charge in [0.1, 0.15) is 28.2 Å². The van der Waals surface area contributed by atoms with Gasteiger partial charge in [0.2, 0.25) is 16.8 Å². The zero-order chi connectivity index (χ0) is 38.6. The summed E-state index contributed by atoms with van der Waals surface area (Å²) in [5.74, 6) is -8.60. The minimum absolute atomic E-state index is 0.0232. The van der Waals surface area contributed by atoms with E-state index in [1.165, 1.54) is 23.8 Å². The summed E-state index contributed by atoms with van der Waals surface area (Å²) >= 11 is 1.85. The van der Waals surface area contributed by atoms with Gasteiger partial charge < -0.3 is 46.6 Å². The van der Waals surface area contributed by atoms with Crippen LogP contribution in [0.15, 0.2) is 38.9 Å². The number of nitrogen functional groups attached to an aromatic ring is 1. The van der Waals surface area contributed by atoms with Crippen molar-refractivity contribution in [2.75, 3.05) is 11.5 Å². The third-order valence-corrected chi connectivity index (χ3v) is 10.1. The van der Waals surface area contributed by atoms with Crippen LogP contribution >= 0.6 is 23.1 Å². The second-order valence-electron chi connectivity index (χ2n) is 11.7. The monoisotopic (exact) mass is 760 g/mol. The number of aliphatic carboxylic acids is 2. The number of carbonyl (C=O) groups is 5. The van der Waals surface area contributed by atoms with Crippen molar-refractivity contribution in [3.8, 4) is 11.5 Å². The lowest BCUT2D eigenvalue weighted by Gasteiger charge is -2.49. The molecule has 9 N–H and O–H groups in total. The Hall–Kier alpha value is -6.07. The van der Waals surface area contributed by atoms with E-state index in [1.54, 1.807) is 6.92 Å². The molecule has 3 aromatic rings. The molecule has 274 valence electrons. The molecule has 2 aliphatic rings. The quantitative estimate of drug-likeness (QED) is 0.0317. The van der Waals surface area contributed by atoms with Crippen LogP contribution in [0, 0.1) is 10.1 Å². The molecule has 0 spiro atoms. The maximum absolute atomic E-state index is 13.8. The van der Waals surface area contributed by atoms with Crippen LogP contribution in [0.5, 0.6) is 11.5 Å². The molecule has 3 atom stereocenters. The summed E-state index contributed by atoms with van der Waals surface area (Å²) in [5.41, 5.74) is 5.17. The van der Waals surface area contributed by atoms with Crippen molar-refractivity contribution in [2.45, 2.75) is 50.4 Å². The molecule has 1 fully saturated rings. The molecule has 0 aliphatic carbocycles. The van der Waals surface area contributed by atoms with Crippen molar-refractivity contribution < 1.29 is 54.2 Å². The molecule has 0 radical (unpaired) electrons. The average Bonchev–Trinajstić information content (AvgIpc) is 3.51. The van der Waals surface area contributed by atoms with Crippen LogP contribution in [0.4, 0.5) is 10.8 Å². The van der Waals surface area contributed by atoms with Crippen molar-refractivity contribution in [1.82, 2.24) is 19.8 Å². The number of benzene rings is 1. The smallest absolute Gasteiger partial charge is 0.352 e. The van der Waals surface area contributed by atoms with Gasteiger partial charge >= 0.3 is 17.6 Å². The summed E-state index contributed by atoms with van der Waals surface area (Å²) in [5, 5.41) is 57.3. The van der Waals surface area contributed by atoms with E-state index in [4.69, 9.17) is 16.3 Å². The first kappa shape index (κ1) is 37.2. The van der Waals surface area contributed by atoms with Gasteiger partial charge in [-0.1, -0.05) is 5.16 Å². The number of β-lactam (4-membered cyclic amide) rings is 1. The summed E-state index contributed by atoms with van der Waals surface area (Å²) in [6.07, 6.45) is 1.03. The first-order valence-electron chi connectivity index (χ1n) is 14.8. The van der Waals surface area contributed by atoms with Crippen LogP contribution in [0.25, 0.3) is 10.9 Å². The zero-order valence-electron chi connectivity index (χ0n) is 27.0. The van der Waals surface area contributed by atoms with Gasteiger partial charge in [-0.25, -0.2) is 14.6 Å². The molecular weight excluding hydrogens is 732 g/mol. The van der Waals surface area contributed by atoms with Gasteiger partial charge in [0.25, 0.3) is 11.8 Å². The zero-order valence-corrected chi connectivity index (χ0v) is 28.7. The number of amides is 2. The van der Waals surface area contributed by atoms with E-state index >= 15 is 0 Å². The number of pyridine rings is 1. The lowest BCUT2D eigenvalue weighted by molar-refractivity contribution is -0.384. The molecule has 1 aromatic carbocycles. The van der Waals surface area contributed by atoms with Crippen molar-refractivity contribution in [3.05, 3.63) is 60.5 Å². The molecule has 4 heterocycles. The molecule has 1 saturated heterocycles. The number of phenols is 2. The number of oxime groups is 1. The van der Waals surface area contributed by atoms with Gasteiger partial charge in [0.15, 0.2) is 22.4 Å². The molecule has 5 rings (SSSR count). The number of nitrogens with zero attached hydrogens (tertiary/aromatic N) is 5. The fourth-order valence-corrected chi connectivity index (χ4v) is 7.28. The fraction of sp³-hybridized carbons (Fsp3) is 0.310. The van der Waals surface area contributed by atoms with Crippen molar-refractivity contribution in [2.24, 2.45) is 10.9 Å². The van der Waals surface area contributed by atoms with Gasteiger partial charge in [0, 0.05) is 29.9 Å². The number of nitro groups is 1. The molecular formula is C29H28N8O13S2. The second kappa shape index (κ2) is 13.6. The van der Waals surface area contributed by atoms with E-state index in [9.17, 15) is 59.3 Å². The number of carboxylic acids is 2. The van der Waals surface area contributed by atoms with Crippen molar-refractivity contribution in [1.29, 1.82) is 0 Å². The number of aromatic nitrogens is 2. The Balaban J connectivity index is 1.47. The Morgan fingerprint density at radius 1 is 1.25 bits per heavy atom.